The molecule has 0 atom stereocenters. The van der Waals surface area contributed by atoms with Gasteiger partial charge in [0.15, 0.2) is 0 Å². The molecule has 0 aliphatic rings. The lowest BCUT2D eigenvalue weighted by Crippen LogP contribution is -1.95. The maximum absolute atomic E-state index is 13.4. The van der Waals surface area contributed by atoms with Crippen LogP contribution in [0.4, 0.5) is 4.39 Å². The van der Waals surface area contributed by atoms with E-state index in [9.17, 15) is 4.39 Å². The second-order valence-corrected chi connectivity index (χ2v) is 3.11. The van der Waals surface area contributed by atoms with Gasteiger partial charge in [-0.2, -0.15) is 5.26 Å². The number of allylic oxidation sites excluding steroid dienone is 1. The van der Waals surface area contributed by atoms with E-state index in [1.807, 2.05) is 19.9 Å². The molecule has 19 heavy (non-hydrogen) atoms. The Hall–Kier alpha value is -2.41. The number of benzene rings is 1. The SMILES string of the molecule is C=C/C=N\C(=C)OCc1ccc(C#N)cc1F.CC. The summed E-state index contributed by atoms with van der Waals surface area (Å²) in [4.78, 5) is 3.79. The first-order valence-corrected chi connectivity index (χ1v) is 5.82. The molecule has 4 heteroatoms. The fourth-order valence-electron chi connectivity index (χ4n) is 1.07. The average Bonchev–Trinajstić information content (AvgIpc) is 2.45. The van der Waals surface area contributed by atoms with Crippen LogP contribution in [-0.2, 0) is 11.3 Å². The van der Waals surface area contributed by atoms with Crippen molar-refractivity contribution in [2.24, 2.45) is 4.99 Å². The van der Waals surface area contributed by atoms with Gasteiger partial charge in [0.2, 0.25) is 5.88 Å². The van der Waals surface area contributed by atoms with Crippen LogP contribution in [0.15, 0.2) is 48.3 Å². The van der Waals surface area contributed by atoms with Gasteiger partial charge < -0.3 is 4.74 Å². The molecule has 0 saturated heterocycles. The molecule has 0 heterocycles. The van der Waals surface area contributed by atoms with E-state index in [1.54, 1.807) is 0 Å². The summed E-state index contributed by atoms with van der Waals surface area (Å²) in [5.41, 5.74) is 0.619. The molecular formula is C15H17FN2O. The minimum Gasteiger partial charge on any atom is -0.473 e. The fourth-order valence-corrected chi connectivity index (χ4v) is 1.07. The lowest BCUT2D eigenvalue weighted by Gasteiger charge is -2.05. The molecule has 0 radical (unpaired) electrons. The van der Waals surface area contributed by atoms with Gasteiger partial charge in [0.1, 0.15) is 12.4 Å². The third-order valence-corrected chi connectivity index (χ3v) is 1.90. The van der Waals surface area contributed by atoms with Gasteiger partial charge in [0.25, 0.3) is 0 Å². The molecule has 0 amide bonds. The van der Waals surface area contributed by atoms with Crippen LogP contribution in [0.5, 0.6) is 0 Å². The molecule has 0 bridgehead atoms. The Balaban J connectivity index is 0.00000154. The van der Waals surface area contributed by atoms with Gasteiger partial charge in [-0.25, -0.2) is 9.38 Å². The maximum atomic E-state index is 13.4. The summed E-state index contributed by atoms with van der Waals surface area (Å²) >= 11 is 0. The Kier molecular flexibility index (Phi) is 8.38. The standard InChI is InChI=1S/C13H11FN2O.C2H6/c1-3-6-16-10(2)17-9-12-5-4-11(8-15)7-13(12)14;1-2/h3-7H,1-2,9H2;1-2H3/b16-6-;. The molecule has 0 N–H and O–H groups in total. The summed E-state index contributed by atoms with van der Waals surface area (Å²) in [6, 6.07) is 6.04. The smallest absolute Gasteiger partial charge is 0.206 e. The Morgan fingerprint density at radius 2 is 2.21 bits per heavy atom. The maximum Gasteiger partial charge on any atom is 0.206 e. The summed E-state index contributed by atoms with van der Waals surface area (Å²) in [6.45, 7) is 11.0. The van der Waals surface area contributed by atoms with Gasteiger partial charge in [-0.3, -0.25) is 0 Å². The third-order valence-electron chi connectivity index (χ3n) is 1.90. The van der Waals surface area contributed by atoms with E-state index < -0.39 is 5.82 Å². The van der Waals surface area contributed by atoms with Crippen LogP contribution in [0.1, 0.15) is 25.0 Å². The van der Waals surface area contributed by atoms with Crippen molar-refractivity contribution in [3.05, 3.63) is 60.3 Å². The first-order valence-electron chi connectivity index (χ1n) is 5.82. The molecule has 0 aliphatic carbocycles. The molecule has 1 rings (SSSR count). The molecule has 0 spiro atoms. The molecular weight excluding hydrogens is 243 g/mol. The first kappa shape index (κ1) is 16.6. The summed E-state index contributed by atoms with van der Waals surface area (Å²) in [6.07, 6.45) is 2.91. The van der Waals surface area contributed by atoms with E-state index in [2.05, 4.69) is 18.2 Å². The minimum absolute atomic E-state index is 0.0187. The van der Waals surface area contributed by atoms with Crippen molar-refractivity contribution >= 4 is 6.21 Å². The van der Waals surface area contributed by atoms with Crippen LogP contribution >= 0.6 is 0 Å². The number of hydrogen-bond donors (Lipinski definition) is 0. The van der Waals surface area contributed by atoms with Crippen molar-refractivity contribution in [2.45, 2.75) is 20.5 Å². The van der Waals surface area contributed by atoms with Crippen molar-refractivity contribution in [3.8, 4) is 6.07 Å². The third kappa shape index (κ3) is 6.18. The van der Waals surface area contributed by atoms with Crippen LogP contribution in [0.3, 0.4) is 0 Å². The number of halogens is 1. The summed E-state index contributed by atoms with van der Waals surface area (Å²) in [5.74, 6) is -0.307. The average molecular weight is 260 g/mol. The topological polar surface area (TPSA) is 45.4 Å². The highest BCUT2D eigenvalue weighted by atomic mass is 19.1. The number of aliphatic imine (C=N–C) groups is 1. The zero-order chi connectivity index (χ0) is 14.7. The van der Waals surface area contributed by atoms with Crippen molar-refractivity contribution in [2.75, 3.05) is 0 Å². The number of nitriles is 1. The van der Waals surface area contributed by atoms with Crippen molar-refractivity contribution < 1.29 is 9.13 Å². The van der Waals surface area contributed by atoms with Crippen LogP contribution in [0.2, 0.25) is 0 Å². The number of ether oxygens (including phenoxy) is 1. The molecule has 100 valence electrons. The van der Waals surface area contributed by atoms with E-state index in [-0.39, 0.29) is 18.1 Å². The highest BCUT2D eigenvalue weighted by molar-refractivity contribution is 5.70. The molecule has 1 aromatic rings. The van der Waals surface area contributed by atoms with Crippen LogP contribution in [-0.4, -0.2) is 6.21 Å². The summed E-state index contributed by atoms with van der Waals surface area (Å²) in [7, 11) is 0. The van der Waals surface area contributed by atoms with Gasteiger partial charge in [-0.05, 0) is 18.7 Å². The normalized spacial score (nSPS) is 9.16. The molecule has 3 nitrogen and oxygen atoms in total. The van der Waals surface area contributed by atoms with Crippen LogP contribution in [0, 0.1) is 17.1 Å². The largest absolute Gasteiger partial charge is 0.473 e. The second kappa shape index (κ2) is 9.60. The van der Waals surface area contributed by atoms with Crippen LogP contribution < -0.4 is 0 Å². The molecule has 0 unspecified atom stereocenters. The zero-order valence-corrected chi connectivity index (χ0v) is 11.2. The van der Waals surface area contributed by atoms with E-state index >= 15 is 0 Å². The highest BCUT2D eigenvalue weighted by Crippen LogP contribution is 2.12. The molecule has 0 aromatic heterocycles. The van der Waals surface area contributed by atoms with Crippen molar-refractivity contribution in [1.29, 1.82) is 5.26 Å². The summed E-state index contributed by atoms with van der Waals surface area (Å²) in [5, 5.41) is 8.58. The van der Waals surface area contributed by atoms with E-state index in [1.165, 1.54) is 24.4 Å². The lowest BCUT2D eigenvalue weighted by molar-refractivity contribution is 0.195. The fraction of sp³-hybridized carbons (Fsp3) is 0.200. The Labute approximate surface area is 113 Å². The van der Waals surface area contributed by atoms with Gasteiger partial charge in [-0.15, -0.1) is 0 Å². The lowest BCUT2D eigenvalue weighted by atomic mass is 10.1. The highest BCUT2D eigenvalue weighted by Gasteiger charge is 2.04. The molecule has 0 fully saturated rings. The van der Waals surface area contributed by atoms with Gasteiger partial charge in [-0.1, -0.05) is 32.6 Å². The number of rotatable bonds is 5. The second-order valence-electron chi connectivity index (χ2n) is 3.11. The Morgan fingerprint density at radius 3 is 2.74 bits per heavy atom. The monoisotopic (exact) mass is 260 g/mol. The van der Waals surface area contributed by atoms with Gasteiger partial charge in [0.05, 0.1) is 11.6 Å². The predicted octanol–water partition coefficient (Wildman–Crippen LogP) is 3.97. The molecule has 0 aliphatic heterocycles. The van der Waals surface area contributed by atoms with Gasteiger partial charge in [0, 0.05) is 11.8 Å². The number of nitrogens with zero attached hydrogens (tertiary/aromatic N) is 2. The Bertz CT molecular complexity index is 501. The molecule has 1 aromatic carbocycles. The van der Waals surface area contributed by atoms with E-state index in [0.717, 1.165) is 6.07 Å². The minimum atomic E-state index is -0.482. The summed E-state index contributed by atoms with van der Waals surface area (Å²) < 4.78 is 18.5. The molecule has 0 saturated carbocycles. The Morgan fingerprint density at radius 1 is 1.53 bits per heavy atom. The van der Waals surface area contributed by atoms with E-state index in [4.69, 9.17) is 10.00 Å². The quantitative estimate of drug-likeness (QED) is 0.594. The van der Waals surface area contributed by atoms with Crippen molar-refractivity contribution in [3.63, 3.8) is 0 Å². The first-order chi connectivity index (χ1) is 9.17. The van der Waals surface area contributed by atoms with E-state index in [0.29, 0.717) is 5.56 Å². The predicted molar refractivity (Wildman–Crippen MR) is 75.1 cm³/mol. The van der Waals surface area contributed by atoms with Crippen molar-refractivity contribution in [1.82, 2.24) is 0 Å². The zero-order valence-electron chi connectivity index (χ0n) is 11.2. The van der Waals surface area contributed by atoms with Crippen LogP contribution in [0.25, 0.3) is 0 Å². The number of hydrogen-bond acceptors (Lipinski definition) is 3. The van der Waals surface area contributed by atoms with Gasteiger partial charge >= 0.3 is 0 Å².